The molecule has 0 aliphatic carbocycles. The molecule has 0 spiro atoms. The minimum atomic E-state index is -0.770. The highest BCUT2D eigenvalue weighted by atomic mass is 16.2. The summed E-state index contributed by atoms with van der Waals surface area (Å²) in [6, 6.07) is 17.7. The molecule has 4 rings (SSSR count). The van der Waals surface area contributed by atoms with Gasteiger partial charge < -0.3 is 10.7 Å². The Morgan fingerprint density at radius 2 is 1.76 bits per heavy atom. The summed E-state index contributed by atoms with van der Waals surface area (Å²) in [4.78, 5) is 37.6. The van der Waals surface area contributed by atoms with Crippen molar-refractivity contribution in [1.82, 2.24) is 19.9 Å². The maximum absolute atomic E-state index is 12.9. The van der Waals surface area contributed by atoms with Crippen molar-refractivity contribution in [1.29, 1.82) is 0 Å². The van der Waals surface area contributed by atoms with Crippen LogP contribution in [-0.4, -0.2) is 38.3 Å². The van der Waals surface area contributed by atoms with E-state index in [0.717, 1.165) is 21.5 Å². The molecule has 0 unspecified atom stereocenters. The van der Waals surface area contributed by atoms with Crippen molar-refractivity contribution >= 4 is 23.0 Å². The molecule has 7 nitrogen and oxygen atoms in total. The zero-order valence-electron chi connectivity index (χ0n) is 15.6. The number of benzene rings is 2. The van der Waals surface area contributed by atoms with Crippen molar-refractivity contribution in [2.45, 2.75) is 6.42 Å². The number of nitrogens with one attached hydrogen (secondary N) is 1. The van der Waals surface area contributed by atoms with Gasteiger partial charge >= 0.3 is 6.03 Å². The number of pyridine rings is 1. The predicted molar refractivity (Wildman–Crippen MR) is 110 cm³/mol. The lowest BCUT2D eigenvalue weighted by Gasteiger charge is -2.18. The molecule has 3 N–H and O–H groups in total. The number of primary amides is 1. The van der Waals surface area contributed by atoms with E-state index in [4.69, 9.17) is 5.73 Å². The van der Waals surface area contributed by atoms with Crippen molar-refractivity contribution in [2.75, 3.05) is 6.54 Å². The molecule has 144 valence electrons. The number of urea groups is 1. The summed E-state index contributed by atoms with van der Waals surface area (Å²) < 4.78 is 0. The summed E-state index contributed by atoms with van der Waals surface area (Å²) in [6.07, 6.45) is 3.91. The van der Waals surface area contributed by atoms with Crippen LogP contribution in [0.3, 0.4) is 0 Å². The third kappa shape index (κ3) is 3.98. The third-order valence-corrected chi connectivity index (χ3v) is 4.66. The first-order valence-corrected chi connectivity index (χ1v) is 9.17. The van der Waals surface area contributed by atoms with Crippen molar-refractivity contribution in [3.8, 4) is 11.4 Å². The van der Waals surface area contributed by atoms with Crippen LogP contribution in [0, 0.1) is 0 Å². The minimum Gasteiger partial charge on any atom is -0.351 e. The van der Waals surface area contributed by atoms with Crippen LogP contribution in [0.5, 0.6) is 0 Å². The van der Waals surface area contributed by atoms with Gasteiger partial charge in [0.1, 0.15) is 5.82 Å². The second-order valence-corrected chi connectivity index (χ2v) is 6.58. The Bertz CT molecular complexity index is 1160. The fourth-order valence-electron chi connectivity index (χ4n) is 3.14. The second-order valence-electron chi connectivity index (χ2n) is 6.58. The standard InChI is InChI=1S/C22H19N5O2/c23-22(29)27(13-10-15-4-2-1-3-5-15)21(28)17-6-7-18-19(14-17)26-20(25-18)16-8-11-24-12-9-16/h1-9,11-12,14H,10,13H2,(H2,23,29)(H,25,26). The molecule has 0 fully saturated rings. The highest BCUT2D eigenvalue weighted by molar-refractivity contribution is 6.05. The van der Waals surface area contributed by atoms with E-state index < -0.39 is 11.9 Å². The predicted octanol–water partition coefficient (Wildman–Crippen LogP) is 3.39. The molecule has 4 aromatic rings. The lowest BCUT2D eigenvalue weighted by Crippen LogP contribution is -2.42. The van der Waals surface area contributed by atoms with Crippen LogP contribution >= 0.6 is 0 Å². The molecular formula is C22H19N5O2. The van der Waals surface area contributed by atoms with Gasteiger partial charge in [0.2, 0.25) is 0 Å². The fourth-order valence-corrected chi connectivity index (χ4v) is 3.14. The van der Waals surface area contributed by atoms with E-state index in [0.29, 0.717) is 23.3 Å². The number of carbonyl (C=O) groups is 2. The number of imide groups is 1. The third-order valence-electron chi connectivity index (χ3n) is 4.66. The van der Waals surface area contributed by atoms with Crippen molar-refractivity contribution in [3.05, 3.63) is 84.2 Å². The number of nitrogens with two attached hydrogens (primary N) is 1. The number of aromatic nitrogens is 3. The first-order chi connectivity index (χ1) is 14.1. The number of fused-ring (bicyclic) bond motifs is 1. The number of hydrogen-bond donors (Lipinski definition) is 2. The number of aromatic amines is 1. The Hall–Kier alpha value is -4.00. The summed E-state index contributed by atoms with van der Waals surface area (Å²) in [7, 11) is 0. The van der Waals surface area contributed by atoms with Gasteiger partial charge in [-0.25, -0.2) is 9.78 Å². The maximum Gasteiger partial charge on any atom is 0.321 e. The number of rotatable bonds is 5. The van der Waals surface area contributed by atoms with E-state index in [9.17, 15) is 9.59 Å². The van der Waals surface area contributed by atoms with Gasteiger partial charge in [-0.2, -0.15) is 0 Å². The number of hydrogen-bond acceptors (Lipinski definition) is 4. The first-order valence-electron chi connectivity index (χ1n) is 9.17. The molecule has 0 saturated heterocycles. The van der Waals surface area contributed by atoms with Gasteiger partial charge in [-0.1, -0.05) is 30.3 Å². The molecule has 0 aliphatic rings. The van der Waals surface area contributed by atoms with Gasteiger partial charge in [-0.05, 0) is 42.3 Å². The number of nitrogens with zero attached hydrogens (tertiary/aromatic N) is 3. The molecule has 0 saturated carbocycles. The van der Waals surface area contributed by atoms with Crippen molar-refractivity contribution < 1.29 is 9.59 Å². The van der Waals surface area contributed by atoms with Crippen LogP contribution < -0.4 is 5.73 Å². The van der Waals surface area contributed by atoms with Crippen molar-refractivity contribution in [3.63, 3.8) is 0 Å². The van der Waals surface area contributed by atoms with Crippen LogP contribution in [0.1, 0.15) is 15.9 Å². The molecule has 2 aromatic heterocycles. The van der Waals surface area contributed by atoms with Gasteiger partial charge in [-0.15, -0.1) is 0 Å². The molecule has 3 amide bonds. The smallest absolute Gasteiger partial charge is 0.321 e. The van der Waals surface area contributed by atoms with E-state index in [1.165, 1.54) is 0 Å². The van der Waals surface area contributed by atoms with Gasteiger partial charge in [0, 0.05) is 30.1 Å². The van der Waals surface area contributed by atoms with Crippen LogP contribution in [0.2, 0.25) is 0 Å². The van der Waals surface area contributed by atoms with Gasteiger partial charge in [0.15, 0.2) is 0 Å². The van der Waals surface area contributed by atoms with Gasteiger partial charge in [0.05, 0.1) is 11.0 Å². The number of imidazole rings is 1. The molecule has 0 bridgehead atoms. The summed E-state index contributed by atoms with van der Waals surface area (Å²) in [5.74, 6) is 0.248. The SMILES string of the molecule is NC(=O)N(CCc1ccccc1)C(=O)c1ccc2nc(-c3ccncc3)[nH]c2c1. The molecule has 7 heteroatoms. The largest absolute Gasteiger partial charge is 0.351 e. The topological polar surface area (TPSA) is 105 Å². The van der Waals surface area contributed by atoms with E-state index in [-0.39, 0.29) is 6.54 Å². The molecule has 0 radical (unpaired) electrons. The normalized spacial score (nSPS) is 10.8. The molecule has 0 atom stereocenters. The molecule has 2 aromatic carbocycles. The number of H-pyrrole nitrogens is 1. The molecule has 2 heterocycles. The Labute approximate surface area is 167 Å². The Kier molecular flexibility index (Phi) is 5.03. The summed E-state index contributed by atoms with van der Waals surface area (Å²) >= 11 is 0. The Morgan fingerprint density at radius 3 is 2.48 bits per heavy atom. The van der Waals surface area contributed by atoms with Gasteiger partial charge in [-0.3, -0.25) is 14.7 Å². The Balaban J connectivity index is 1.58. The lowest BCUT2D eigenvalue weighted by atomic mass is 10.1. The van der Waals surface area contributed by atoms with Crippen molar-refractivity contribution in [2.24, 2.45) is 5.73 Å². The van der Waals surface area contributed by atoms with Crippen LogP contribution in [0.25, 0.3) is 22.4 Å². The first kappa shape index (κ1) is 18.4. The summed E-state index contributed by atoms with van der Waals surface area (Å²) in [6.45, 7) is 0.210. The van der Waals surface area contributed by atoms with E-state index in [1.54, 1.807) is 30.6 Å². The highest BCUT2D eigenvalue weighted by Gasteiger charge is 2.21. The zero-order chi connectivity index (χ0) is 20.2. The summed E-state index contributed by atoms with van der Waals surface area (Å²) in [5, 5.41) is 0. The van der Waals surface area contributed by atoms with Gasteiger partial charge in [0.25, 0.3) is 5.91 Å². The molecule has 0 aliphatic heterocycles. The monoisotopic (exact) mass is 385 g/mol. The Morgan fingerprint density at radius 1 is 1.00 bits per heavy atom. The van der Waals surface area contributed by atoms with Crippen LogP contribution in [0.4, 0.5) is 4.79 Å². The average Bonchev–Trinajstić information content (AvgIpc) is 3.18. The van der Waals surface area contributed by atoms with Crippen LogP contribution in [0.15, 0.2) is 73.1 Å². The fraction of sp³-hybridized carbons (Fsp3) is 0.0909. The van der Waals surface area contributed by atoms with Crippen LogP contribution in [-0.2, 0) is 6.42 Å². The second kappa shape index (κ2) is 7.93. The van der Waals surface area contributed by atoms with E-state index in [2.05, 4.69) is 15.0 Å². The highest BCUT2D eigenvalue weighted by Crippen LogP contribution is 2.21. The zero-order valence-corrected chi connectivity index (χ0v) is 15.6. The summed E-state index contributed by atoms with van der Waals surface area (Å²) in [5.41, 5.74) is 9.19. The maximum atomic E-state index is 12.9. The number of amides is 3. The lowest BCUT2D eigenvalue weighted by molar-refractivity contribution is 0.0809. The number of carbonyl (C=O) groups excluding carboxylic acids is 2. The average molecular weight is 385 g/mol. The molecular weight excluding hydrogens is 366 g/mol. The molecule has 29 heavy (non-hydrogen) atoms. The van der Waals surface area contributed by atoms with E-state index in [1.807, 2.05) is 42.5 Å². The quantitative estimate of drug-likeness (QED) is 0.549. The minimum absolute atomic E-state index is 0.210. The van der Waals surface area contributed by atoms with E-state index >= 15 is 0 Å².